The highest BCUT2D eigenvalue weighted by atomic mass is 19.1. The van der Waals surface area contributed by atoms with Crippen LogP contribution in [0.1, 0.15) is 28.4 Å². The van der Waals surface area contributed by atoms with E-state index in [9.17, 15) is 14.0 Å². The number of nitriles is 1. The Kier molecular flexibility index (Phi) is 7.68. The third-order valence-corrected chi connectivity index (χ3v) is 3.56. The molecule has 8 nitrogen and oxygen atoms in total. The second kappa shape index (κ2) is 10.4. The highest BCUT2D eigenvalue weighted by Gasteiger charge is 2.12. The Balaban J connectivity index is 2.02. The predicted octanol–water partition coefficient (Wildman–Crippen LogP) is 2.41. The van der Waals surface area contributed by atoms with Gasteiger partial charge in [-0.05, 0) is 48.9 Å². The van der Waals surface area contributed by atoms with E-state index in [1.807, 2.05) is 0 Å². The normalized spacial score (nSPS) is 10.3. The van der Waals surface area contributed by atoms with Crippen molar-refractivity contribution in [3.05, 3.63) is 58.9 Å². The molecule has 0 bridgehead atoms. The first-order valence-corrected chi connectivity index (χ1v) is 8.48. The van der Waals surface area contributed by atoms with Gasteiger partial charge in [-0.2, -0.15) is 10.4 Å². The SMILES string of the molecule is CCOC(=O)COc1ccc(C=NNC(=O)c2ccc(C#N)cc2F)cc1OC. The second-order valence-corrected chi connectivity index (χ2v) is 5.51. The fourth-order valence-electron chi connectivity index (χ4n) is 2.22. The number of amides is 1. The number of ether oxygens (including phenoxy) is 3. The molecule has 0 aliphatic carbocycles. The van der Waals surface area contributed by atoms with E-state index < -0.39 is 17.7 Å². The average molecular weight is 399 g/mol. The van der Waals surface area contributed by atoms with Crippen LogP contribution in [0.25, 0.3) is 0 Å². The van der Waals surface area contributed by atoms with Crippen LogP contribution >= 0.6 is 0 Å². The van der Waals surface area contributed by atoms with Gasteiger partial charge in [0.25, 0.3) is 5.91 Å². The number of rotatable bonds is 8. The van der Waals surface area contributed by atoms with Gasteiger partial charge in [-0.15, -0.1) is 0 Å². The van der Waals surface area contributed by atoms with Gasteiger partial charge in [-0.1, -0.05) is 0 Å². The summed E-state index contributed by atoms with van der Waals surface area (Å²) in [6.07, 6.45) is 1.33. The zero-order chi connectivity index (χ0) is 21.2. The lowest BCUT2D eigenvalue weighted by atomic mass is 10.1. The molecule has 0 unspecified atom stereocenters. The summed E-state index contributed by atoms with van der Waals surface area (Å²) in [5, 5.41) is 12.5. The van der Waals surface area contributed by atoms with Crippen LogP contribution < -0.4 is 14.9 Å². The molecular formula is C20H18FN3O5. The van der Waals surface area contributed by atoms with Gasteiger partial charge in [-0.3, -0.25) is 4.79 Å². The number of carbonyl (C=O) groups excluding carboxylic acids is 2. The van der Waals surface area contributed by atoms with E-state index in [1.54, 1.807) is 31.2 Å². The molecule has 2 aromatic carbocycles. The maximum absolute atomic E-state index is 13.8. The van der Waals surface area contributed by atoms with E-state index in [0.717, 1.165) is 6.07 Å². The topological polar surface area (TPSA) is 110 Å². The molecule has 1 N–H and O–H groups in total. The van der Waals surface area contributed by atoms with Gasteiger partial charge in [0.1, 0.15) is 5.82 Å². The van der Waals surface area contributed by atoms with Gasteiger partial charge >= 0.3 is 5.97 Å². The first-order chi connectivity index (χ1) is 14.0. The number of nitrogens with one attached hydrogen (secondary N) is 1. The van der Waals surface area contributed by atoms with E-state index in [2.05, 4.69) is 10.5 Å². The summed E-state index contributed by atoms with van der Waals surface area (Å²) in [4.78, 5) is 23.4. The lowest BCUT2D eigenvalue weighted by Crippen LogP contribution is -2.19. The summed E-state index contributed by atoms with van der Waals surface area (Å²) in [6.45, 7) is 1.69. The van der Waals surface area contributed by atoms with Gasteiger partial charge in [0, 0.05) is 0 Å². The summed E-state index contributed by atoms with van der Waals surface area (Å²) in [7, 11) is 1.43. The highest BCUT2D eigenvalue weighted by Crippen LogP contribution is 2.27. The zero-order valence-corrected chi connectivity index (χ0v) is 15.8. The minimum atomic E-state index is -0.818. The van der Waals surface area contributed by atoms with E-state index in [0.29, 0.717) is 17.1 Å². The van der Waals surface area contributed by atoms with Crippen LogP contribution in [0.3, 0.4) is 0 Å². The molecule has 0 fully saturated rings. The Hall–Kier alpha value is -3.93. The van der Waals surface area contributed by atoms with Crippen LogP contribution in [0.2, 0.25) is 0 Å². The Bertz CT molecular complexity index is 969. The number of halogens is 1. The molecule has 2 rings (SSSR count). The lowest BCUT2D eigenvalue weighted by Gasteiger charge is -2.10. The number of hydrogen-bond donors (Lipinski definition) is 1. The standard InChI is InChI=1S/C20H18FN3O5/c1-3-28-19(25)12-29-17-7-5-14(9-18(17)27-2)11-23-24-20(26)15-6-4-13(10-22)8-16(15)21/h4-9,11H,3,12H2,1-2H3,(H,24,26). The monoisotopic (exact) mass is 399 g/mol. The zero-order valence-electron chi connectivity index (χ0n) is 15.8. The summed E-state index contributed by atoms with van der Waals surface area (Å²) < 4.78 is 29.2. The molecule has 0 radical (unpaired) electrons. The number of hydrazone groups is 1. The third-order valence-electron chi connectivity index (χ3n) is 3.56. The lowest BCUT2D eigenvalue weighted by molar-refractivity contribution is -0.145. The van der Waals surface area contributed by atoms with Crippen molar-refractivity contribution in [3.63, 3.8) is 0 Å². The van der Waals surface area contributed by atoms with Crippen molar-refractivity contribution in [3.8, 4) is 17.6 Å². The molecule has 1 amide bonds. The molecule has 0 heterocycles. The van der Waals surface area contributed by atoms with E-state index in [-0.39, 0.29) is 24.3 Å². The molecule has 29 heavy (non-hydrogen) atoms. The molecular weight excluding hydrogens is 381 g/mol. The first kappa shape index (κ1) is 21.4. The largest absolute Gasteiger partial charge is 0.493 e. The van der Waals surface area contributed by atoms with Gasteiger partial charge in [-0.25, -0.2) is 14.6 Å². The molecule has 0 spiro atoms. The van der Waals surface area contributed by atoms with Gasteiger partial charge in [0.15, 0.2) is 18.1 Å². The fraction of sp³-hybridized carbons (Fsp3) is 0.200. The smallest absolute Gasteiger partial charge is 0.344 e. The number of benzene rings is 2. The van der Waals surface area contributed by atoms with E-state index >= 15 is 0 Å². The maximum Gasteiger partial charge on any atom is 0.344 e. The number of esters is 1. The van der Waals surface area contributed by atoms with Crippen LogP contribution in [0.15, 0.2) is 41.5 Å². The second-order valence-electron chi connectivity index (χ2n) is 5.51. The van der Waals surface area contributed by atoms with Gasteiger partial charge in [0.05, 0.1) is 37.1 Å². The fourth-order valence-corrected chi connectivity index (χ4v) is 2.22. The highest BCUT2D eigenvalue weighted by molar-refractivity contribution is 5.95. The molecule has 0 aromatic heterocycles. The van der Waals surface area contributed by atoms with Gasteiger partial charge < -0.3 is 14.2 Å². The van der Waals surface area contributed by atoms with Crippen LogP contribution in [0, 0.1) is 17.1 Å². The van der Waals surface area contributed by atoms with E-state index in [4.69, 9.17) is 19.5 Å². The van der Waals surface area contributed by atoms with Crippen molar-refractivity contribution in [2.75, 3.05) is 20.3 Å². The number of hydrogen-bond acceptors (Lipinski definition) is 7. The number of methoxy groups -OCH3 is 1. The minimum Gasteiger partial charge on any atom is -0.493 e. The average Bonchev–Trinajstić information content (AvgIpc) is 2.72. The maximum atomic E-state index is 13.8. The van der Waals surface area contributed by atoms with Crippen molar-refractivity contribution in [1.29, 1.82) is 5.26 Å². The molecule has 0 aliphatic heterocycles. The summed E-state index contributed by atoms with van der Waals surface area (Å²) in [5.74, 6) is -1.40. The summed E-state index contributed by atoms with van der Waals surface area (Å²) in [6, 6.07) is 10.1. The third kappa shape index (κ3) is 6.04. The van der Waals surface area contributed by atoms with Crippen molar-refractivity contribution in [2.45, 2.75) is 6.92 Å². The van der Waals surface area contributed by atoms with Crippen molar-refractivity contribution in [2.24, 2.45) is 5.10 Å². The van der Waals surface area contributed by atoms with Crippen LogP contribution in [0.4, 0.5) is 4.39 Å². The van der Waals surface area contributed by atoms with Crippen molar-refractivity contribution in [1.82, 2.24) is 5.43 Å². The Morgan fingerprint density at radius 2 is 2.03 bits per heavy atom. The quantitative estimate of drug-likeness (QED) is 0.415. The molecule has 0 aliphatic rings. The van der Waals surface area contributed by atoms with Crippen LogP contribution in [0.5, 0.6) is 11.5 Å². The summed E-state index contributed by atoms with van der Waals surface area (Å²) in [5.41, 5.74) is 2.64. The van der Waals surface area contributed by atoms with Crippen molar-refractivity contribution >= 4 is 18.1 Å². The number of carbonyl (C=O) groups is 2. The Labute approximate surface area is 166 Å². The van der Waals surface area contributed by atoms with Crippen molar-refractivity contribution < 1.29 is 28.2 Å². The van der Waals surface area contributed by atoms with Crippen LogP contribution in [-0.4, -0.2) is 38.4 Å². The molecule has 0 saturated carbocycles. The van der Waals surface area contributed by atoms with Gasteiger partial charge in [0.2, 0.25) is 0 Å². The van der Waals surface area contributed by atoms with Crippen LogP contribution in [-0.2, 0) is 9.53 Å². The first-order valence-electron chi connectivity index (χ1n) is 8.48. The number of nitrogens with zero attached hydrogens (tertiary/aromatic N) is 2. The Morgan fingerprint density at radius 1 is 1.24 bits per heavy atom. The minimum absolute atomic E-state index is 0.111. The molecule has 0 atom stereocenters. The summed E-state index contributed by atoms with van der Waals surface area (Å²) >= 11 is 0. The molecule has 150 valence electrons. The molecule has 2 aromatic rings. The predicted molar refractivity (Wildman–Crippen MR) is 101 cm³/mol. The Morgan fingerprint density at radius 3 is 2.69 bits per heavy atom. The molecule has 9 heteroatoms. The molecule has 0 saturated heterocycles. The van der Waals surface area contributed by atoms with E-state index in [1.165, 1.54) is 25.5 Å².